The molecule has 0 unspecified atom stereocenters. The molecule has 0 heterocycles. The van der Waals surface area contributed by atoms with Crippen molar-refractivity contribution in [3.8, 4) is 11.5 Å². The average molecular weight is 324 g/mol. The van der Waals surface area contributed by atoms with E-state index in [1.807, 2.05) is 5.32 Å². The topological polar surface area (TPSA) is 103 Å². The number of nitrogens with one attached hydrogen (secondary N) is 2. The average Bonchev–Trinajstić information content (AvgIpc) is 2.54. The molecule has 1 aromatic carbocycles. The zero-order valence-corrected chi connectivity index (χ0v) is 13.5. The van der Waals surface area contributed by atoms with Gasteiger partial charge in [-0.25, -0.2) is 4.79 Å². The molecule has 3 amide bonds. The predicted octanol–water partition coefficient (Wildman–Crippen LogP) is 0.634. The van der Waals surface area contributed by atoms with Crippen LogP contribution in [0.25, 0.3) is 0 Å². The second-order valence-electron chi connectivity index (χ2n) is 4.57. The maximum absolute atomic E-state index is 11.9. The molecule has 0 fully saturated rings. The van der Waals surface area contributed by atoms with Gasteiger partial charge in [0.15, 0.2) is 17.6 Å². The van der Waals surface area contributed by atoms with Crippen LogP contribution in [0.2, 0.25) is 0 Å². The first-order valence-electron chi connectivity index (χ1n) is 6.84. The molecule has 1 aromatic rings. The van der Waals surface area contributed by atoms with E-state index in [1.165, 1.54) is 28.2 Å². The molecular formula is C15H20N2O6. The highest BCUT2D eigenvalue weighted by Crippen LogP contribution is 2.27. The van der Waals surface area contributed by atoms with E-state index in [0.717, 1.165) is 0 Å². The molecular weight excluding hydrogens is 304 g/mol. The molecule has 1 atom stereocenters. The Balaban J connectivity index is 2.62. The number of urea groups is 1. The minimum atomic E-state index is -1.08. The maximum Gasteiger partial charge on any atom is 0.321 e. The van der Waals surface area contributed by atoms with Crippen LogP contribution in [0.4, 0.5) is 4.79 Å². The molecule has 0 aliphatic rings. The third-order valence-electron chi connectivity index (χ3n) is 2.94. The van der Waals surface area contributed by atoms with Crippen LogP contribution in [0, 0.1) is 0 Å². The molecule has 0 saturated heterocycles. The third-order valence-corrected chi connectivity index (χ3v) is 2.94. The molecule has 8 nitrogen and oxygen atoms in total. The van der Waals surface area contributed by atoms with Gasteiger partial charge < -0.3 is 19.5 Å². The number of ether oxygens (including phenoxy) is 3. The predicted molar refractivity (Wildman–Crippen MR) is 81.4 cm³/mol. The lowest BCUT2D eigenvalue weighted by Crippen LogP contribution is -2.43. The number of amides is 3. The maximum atomic E-state index is 11.9. The first-order valence-corrected chi connectivity index (χ1v) is 6.84. The van der Waals surface area contributed by atoms with Crippen molar-refractivity contribution in [2.24, 2.45) is 0 Å². The summed E-state index contributed by atoms with van der Waals surface area (Å²) >= 11 is 0. The fraction of sp³-hybridized carbons (Fsp3) is 0.400. The molecule has 0 bridgehead atoms. The van der Waals surface area contributed by atoms with Gasteiger partial charge in [0, 0.05) is 7.05 Å². The van der Waals surface area contributed by atoms with Crippen molar-refractivity contribution in [3.63, 3.8) is 0 Å². The van der Waals surface area contributed by atoms with Gasteiger partial charge in [0.05, 0.1) is 20.6 Å². The van der Waals surface area contributed by atoms with Crippen molar-refractivity contribution in [1.29, 1.82) is 0 Å². The number of methoxy groups -OCH3 is 2. The van der Waals surface area contributed by atoms with Crippen LogP contribution in [0.5, 0.6) is 11.5 Å². The summed E-state index contributed by atoms with van der Waals surface area (Å²) in [6.45, 7) is 1.38. The van der Waals surface area contributed by atoms with Gasteiger partial charge in [-0.05, 0) is 24.6 Å². The minimum absolute atomic E-state index is 0.0437. The Labute approximate surface area is 134 Å². The van der Waals surface area contributed by atoms with Gasteiger partial charge in [-0.1, -0.05) is 6.07 Å². The number of benzene rings is 1. The Hall–Kier alpha value is -2.77. The molecule has 1 rings (SSSR count). The Morgan fingerprint density at radius 3 is 2.35 bits per heavy atom. The Morgan fingerprint density at radius 2 is 1.78 bits per heavy atom. The lowest BCUT2D eigenvalue weighted by Gasteiger charge is -2.13. The van der Waals surface area contributed by atoms with Crippen LogP contribution in [0.1, 0.15) is 12.5 Å². The Morgan fingerprint density at radius 1 is 1.13 bits per heavy atom. The molecule has 0 aromatic heterocycles. The van der Waals surface area contributed by atoms with E-state index >= 15 is 0 Å². The van der Waals surface area contributed by atoms with E-state index in [2.05, 4.69) is 5.32 Å². The molecule has 126 valence electrons. The SMILES string of the molecule is CNC(=O)NC(=O)[C@@H](C)OC(=O)Cc1ccc(OC)c(OC)c1. The highest BCUT2D eigenvalue weighted by Gasteiger charge is 2.20. The van der Waals surface area contributed by atoms with E-state index in [0.29, 0.717) is 17.1 Å². The Kier molecular flexibility index (Phi) is 6.85. The van der Waals surface area contributed by atoms with Gasteiger partial charge in [-0.2, -0.15) is 0 Å². The summed E-state index contributed by atoms with van der Waals surface area (Å²) in [4.78, 5) is 34.5. The fourth-order valence-electron chi connectivity index (χ4n) is 1.73. The highest BCUT2D eigenvalue weighted by molar-refractivity contribution is 5.97. The summed E-state index contributed by atoms with van der Waals surface area (Å²) in [6.07, 6.45) is -1.13. The molecule has 0 saturated carbocycles. The quantitative estimate of drug-likeness (QED) is 0.744. The number of carbonyl (C=O) groups is 3. The van der Waals surface area contributed by atoms with Gasteiger partial charge >= 0.3 is 12.0 Å². The summed E-state index contributed by atoms with van der Waals surface area (Å²) in [6, 6.07) is 4.34. The van der Waals surface area contributed by atoms with Gasteiger partial charge in [-0.3, -0.25) is 14.9 Å². The number of carbonyl (C=O) groups excluding carboxylic acids is 3. The van der Waals surface area contributed by atoms with E-state index in [-0.39, 0.29) is 6.42 Å². The highest BCUT2D eigenvalue weighted by atomic mass is 16.5. The number of hydrogen-bond acceptors (Lipinski definition) is 6. The number of rotatable bonds is 6. The van der Waals surface area contributed by atoms with E-state index in [1.54, 1.807) is 18.2 Å². The van der Waals surface area contributed by atoms with Crippen LogP contribution in [0.15, 0.2) is 18.2 Å². The smallest absolute Gasteiger partial charge is 0.321 e. The van der Waals surface area contributed by atoms with Crippen molar-refractivity contribution < 1.29 is 28.6 Å². The molecule has 0 aliphatic carbocycles. The fourth-order valence-corrected chi connectivity index (χ4v) is 1.73. The zero-order valence-electron chi connectivity index (χ0n) is 13.5. The van der Waals surface area contributed by atoms with Gasteiger partial charge in [0.2, 0.25) is 0 Å². The summed E-state index contributed by atoms with van der Waals surface area (Å²) in [5.41, 5.74) is 0.645. The summed E-state index contributed by atoms with van der Waals surface area (Å²) < 4.78 is 15.2. The van der Waals surface area contributed by atoms with Crippen LogP contribution in [-0.2, 0) is 20.7 Å². The number of hydrogen-bond donors (Lipinski definition) is 2. The monoisotopic (exact) mass is 324 g/mol. The lowest BCUT2D eigenvalue weighted by molar-refractivity contribution is -0.153. The standard InChI is InChI=1S/C15H20N2O6/c1-9(14(19)17-15(20)16-2)23-13(18)8-10-5-6-11(21-3)12(7-10)22-4/h5-7,9H,8H2,1-4H3,(H2,16,17,19,20)/t9-/m1/s1. The molecule has 0 aliphatic heterocycles. The van der Waals surface area contributed by atoms with Gasteiger partial charge in [0.1, 0.15) is 0 Å². The normalized spacial score (nSPS) is 11.1. The van der Waals surface area contributed by atoms with Crippen molar-refractivity contribution in [2.45, 2.75) is 19.4 Å². The molecule has 8 heteroatoms. The Bertz CT molecular complexity index is 587. The van der Waals surface area contributed by atoms with Crippen LogP contribution < -0.4 is 20.1 Å². The first kappa shape index (κ1) is 18.3. The van der Waals surface area contributed by atoms with Gasteiger partial charge in [-0.15, -0.1) is 0 Å². The number of imide groups is 1. The summed E-state index contributed by atoms with van der Waals surface area (Å²) in [5, 5.41) is 4.26. The molecule has 0 radical (unpaired) electrons. The largest absolute Gasteiger partial charge is 0.493 e. The van der Waals surface area contributed by atoms with Crippen molar-refractivity contribution in [2.75, 3.05) is 21.3 Å². The number of esters is 1. The van der Waals surface area contributed by atoms with E-state index in [9.17, 15) is 14.4 Å². The van der Waals surface area contributed by atoms with Gasteiger partial charge in [0.25, 0.3) is 5.91 Å². The molecule has 2 N–H and O–H groups in total. The van der Waals surface area contributed by atoms with Crippen LogP contribution in [0.3, 0.4) is 0 Å². The summed E-state index contributed by atoms with van der Waals surface area (Å²) in [5.74, 6) is -0.270. The van der Waals surface area contributed by atoms with Crippen molar-refractivity contribution >= 4 is 17.9 Å². The first-order chi connectivity index (χ1) is 10.9. The second-order valence-corrected chi connectivity index (χ2v) is 4.57. The van der Waals surface area contributed by atoms with E-state index in [4.69, 9.17) is 14.2 Å². The molecule has 0 spiro atoms. The van der Waals surface area contributed by atoms with Crippen molar-refractivity contribution in [1.82, 2.24) is 10.6 Å². The van der Waals surface area contributed by atoms with Crippen LogP contribution >= 0.6 is 0 Å². The minimum Gasteiger partial charge on any atom is -0.493 e. The van der Waals surface area contributed by atoms with E-state index < -0.39 is 24.0 Å². The second kappa shape index (κ2) is 8.62. The third kappa shape index (κ3) is 5.50. The van der Waals surface area contributed by atoms with Crippen LogP contribution in [-0.4, -0.2) is 45.3 Å². The zero-order chi connectivity index (χ0) is 17.4. The van der Waals surface area contributed by atoms with Crippen molar-refractivity contribution in [3.05, 3.63) is 23.8 Å². The lowest BCUT2D eigenvalue weighted by atomic mass is 10.1. The summed E-state index contributed by atoms with van der Waals surface area (Å²) in [7, 11) is 4.38. The molecule has 23 heavy (non-hydrogen) atoms.